The minimum Gasteiger partial charge on any atom is -0.464 e. The van der Waals surface area contributed by atoms with Gasteiger partial charge in [0.1, 0.15) is 3.70 Å². The van der Waals surface area contributed by atoms with E-state index in [4.69, 9.17) is 23.2 Å². The summed E-state index contributed by atoms with van der Waals surface area (Å²) in [6.07, 6.45) is 0. The largest absolute Gasteiger partial charge is 0.464 e. The zero-order valence-corrected chi connectivity index (χ0v) is 16.5. The Morgan fingerprint density at radius 1 is 1.04 bits per heavy atom. The van der Waals surface area contributed by atoms with Gasteiger partial charge in [-0.05, 0) is 46.9 Å². The number of rotatable bonds is 1. The first-order valence-corrected chi connectivity index (χ1v) is 8.85. The highest BCUT2D eigenvalue weighted by molar-refractivity contribution is 14.1. The van der Waals surface area contributed by atoms with E-state index in [1.54, 1.807) is 18.2 Å². The molecule has 9 heteroatoms. The van der Waals surface area contributed by atoms with Gasteiger partial charge in [-0.15, -0.1) is 0 Å². The van der Waals surface area contributed by atoms with Crippen molar-refractivity contribution in [3.8, 4) is 0 Å². The summed E-state index contributed by atoms with van der Waals surface area (Å²) in [5.74, 6) is -0.496. The monoisotopic (exact) mass is 488 g/mol. The summed E-state index contributed by atoms with van der Waals surface area (Å²) in [7, 11) is 1.31. The van der Waals surface area contributed by atoms with Crippen LogP contribution in [-0.4, -0.2) is 33.5 Å². The summed E-state index contributed by atoms with van der Waals surface area (Å²) in [5, 5.41) is 16.3. The standard InChI is InChI=1S/C9H7ClN2O2.C7H4ClIN2/c1-14-9(13)8-7-5(10)3-2-4-6(7)11-12-8;8-4-2-1-3-5-6(4)7(9)11-10-5/h2-4H,1H3,(H,11,12);1-3H,(H,10,11). The summed E-state index contributed by atoms with van der Waals surface area (Å²) in [6.45, 7) is 0. The maximum atomic E-state index is 11.3. The number of carbonyl (C=O) groups excluding carboxylic acids is 1. The van der Waals surface area contributed by atoms with Crippen molar-refractivity contribution in [1.29, 1.82) is 0 Å². The number of H-pyrrole nitrogens is 2. The Labute approximate surface area is 166 Å². The van der Waals surface area contributed by atoms with E-state index in [-0.39, 0.29) is 5.69 Å². The van der Waals surface area contributed by atoms with Crippen LogP contribution in [0.15, 0.2) is 36.4 Å². The van der Waals surface area contributed by atoms with Crippen LogP contribution in [0.5, 0.6) is 0 Å². The van der Waals surface area contributed by atoms with Crippen LogP contribution in [0.4, 0.5) is 0 Å². The average molecular weight is 489 g/mol. The van der Waals surface area contributed by atoms with Gasteiger partial charge in [-0.1, -0.05) is 35.3 Å². The fraction of sp³-hybridized carbons (Fsp3) is 0.0625. The molecular weight excluding hydrogens is 478 g/mol. The zero-order chi connectivity index (χ0) is 18.0. The van der Waals surface area contributed by atoms with Crippen LogP contribution in [0, 0.1) is 3.70 Å². The van der Waals surface area contributed by atoms with E-state index in [9.17, 15) is 4.79 Å². The third kappa shape index (κ3) is 3.58. The van der Waals surface area contributed by atoms with Crippen molar-refractivity contribution < 1.29 is 9.53 Å². The number of aromatic nitrogens is 4. The van der Waals surface area contributed by atoms with Gasteiger partial charge < -0.3 is 4.74 Å². The van der Waals surface area contributed by atoms with Gasteiger partial charge in [0.05, 0.1) is 39.0 Å². The SMILES string of the molecule is COC(=O)c1n[nH]c2cccc(Cl)c12.Clc1cccc2n[nH]c(I)c12. The van der Waals surface area contributed by atoms with Gasteiger partial charge in [0.2, 0.25) is 0 Å². The van der Waals surface area contributed by atoms with Crippen LogP contribution >= 0.6 is 45.8 Å². The van der Waals surface area contributed by atoms with E-state index in [0.717, 1.165) is 25.1 Å². The first-order chi connectivity index (χ1) is 12.0. The first-order valence-electron chi connectivity index (χ1n) is 7.02. The minimum absolute atomic E-state index is 0.216. The van der Waals surface area contributed by atoms with Crippen LogP contribution in [0.3, 0.4) is 0 Å². The number of carbonyl (C=O) groups is 1. The number of hydrogen-bond acceptors (Lipinski definition) is 4. The number of ether oxygens (including phenoxy) is 1. The molecule has 4 aromatic rings. The number of hydrogen-bond donors (Lipinski definition) is 2. The Kier molecular flexibility index (Phi) is 5.45. The lowest BCUT2D eigenvalue weighted by molar-refractivity contribution is 0.0596. The van der Waals surface area contributed by atoms with Gasteiger partial charge >= 0.3 is 5.97 Å². The molecule has 0 aliphatic heterocycles. The van der Waals surface area contributed by atoms with E-state index in [1.807, 2.05) is 18.2 Å². The van der Waals surface area contributed by atoms with Crippen LogP contribution in [0.2, 0.25) is 10.0 Å². The second-order valence-electron chi connectivity index (χ2n) is 4.90. The Morgan fingerprint density at radius 2 is 1.72 bits per heavy atom. The molecule has 2 aromatic heterocycles. The van der Waals surface area contributed by atoms with Crippen LogP contribution in [-0.2, 0) is 4.74 Å². The summed E-state index contributed by atoms with van der Waals surface area (Å²) < 4.78 is 5.57. The number of fused-ring (bicyclic) bond motifs is 2. The summed E-state index contributed by atoms with van der Waals surface area (Å²) in [4.78, 5) is 11.3. The Hall–Kier alpha value is -1.84. The minimum atomic E-state index is -0.496. The van der Waals surface area contributed by atoms with E-state index in [2.05, 4.69) is 47.7 Å². The summed E-state index contributed by atoms with van der Waals surface area (Å²) in [6, 6.07) is 11.0. The Bertz CT molecular complexity index is 1060. The van der Waals surface area contributed by atoms with Crippen molar-refractivity contribution in [3.63, 3.8) is 0 Å². The van der Waals surface area contributed by atoms with E-state index < -0.39 is 5.97 Å². The molecule has 0 amide bonds. The molecule has 0 radical (unpaired) electrons. The van der Waals surface area contributed by atoms with E-state index in [1.165, 1.54) is 7.11 Å². The maximum Gasteiger partial charge on any atom is 0.359 e. The van der Waals surface area contributed by atoms with Crippen LogP contribution in [0.25, 0.3) is 21.8 Å². The van der Waals surface area contributed by atoms with Crippen LogP contribution in [0.1, 0.15) is 10.5 Å². The highest BCUT2D eigenvalue weighted by Crippen LogP contribution is 2.26. The van der Waals surface area contributed by atoms with Gasteiger partial charge in [0.25, 0.3) is 0 Å². The molecule has 128 valence electrons. The highest BCUT2D eigenvalue weighted by atomic mass is 127. The number of nitrogens with one attached hydrogen (secondary N) is 2. The lowest BCUT2D eigenvalue weighted by atomic mass is 10.2. The molecule has 0 atom stereocenters. The summed E-state index contributed by atoms with van der Waals surface area (Å²) in [5.41, 5.74) is 1.85. The summed E-state index contributed by atoms with van der Waals surface area (Å²) >= 11 is 14.1. The maximum absolute atomic E-state index is 11.3. The number of halogens is 3. The first kappa shape index (κ1) is 18.0. The quantitative estimate of drug-likeness (QED) is 0.297. The average Bonchev–Trinajstić information content (AvgIpc) is 3.21. The second kappa shape index (κ2) is 7.59. The lowest BCUT2D eigenvalue weighted by Crippen LogP contribution is -2.02. The molecule has 0 aliphatic carbocycles. The molecule has 2 N–H and O–H groups in total. The molecule has 0 saturated heterocycles. The van der Waals surface area contributed by atoms with E-state index >= 15 is 0 Å². The van der Waals surface area contributed by atoms with Gasteiger partial charge in [0.15, 0.2) is 5.69 Å². The number of aromatic amines is 2. The van der Waals surface area contributed by atoms with Gasteiger partial charge in [-0.25, -0.2) is 4.79 Å². The van der Waals surface area contributed by atoms with Crippen molar-refractivity contribution in [2.45, 2.75) is 0 Å². The van der Waals surface area contributed by atoms with Gasteiger partial charge in [-0.3, -0.25) is 10.2 Å². The molecule has 0 saturated carbocycles. The molecule has 6 nitrogen and oxygen atoms in total. The van der Waals surface area contributed by atoms with Crippen molar-refractivity contribution in [3.05, 3.63) is 55.8 Å². The molecule has 2 aromatic carbocycles. The fourth-order valence-electron chi connectivity index (χ4n) is 2.26. The molecule has 25 heavy (non-hydrogen) atoms. The highest BCUT2D eigenvalue weighted by Gasteiger charge is 2.16. The van der Waals surface area contributed by atoms with Crippen molar-refractivity contribution in [1.82, 2.24) is 20.4 Å². The van der Waals surface area contributed by atoms with Crippen LogP contribution < -0.4 is 0 Å². The molecule has 0 unspecified atom stereocenters. The normalized spacial score (nSPS) is 10.6. The number of esters is 1. The molecule has 2 heterocycles. The van der Waals surface area contributed by atoms with E-state index in [0.29, 0.717) is 10.4 Å². The third-order valence-corrected chi connectivity index (χ3v) is 4.81. The lowest BCUT2D eigenvalue weighted by Gasteiger charge is -1.96. The third-order valence-electron chi connectivity index (χ3n) is 3.40. The van der Waals surface area contributed by atoms with Crippen molar-refractivity contribution in [2.75, 3.05) is 7.11 Å². The van der Waals surface area contributed by atoms with Gasteiger partial charge in [-0.2, -0.15) is 10.2 Å². The molecular formula is C16H11Cl2IN4O2. The number of nitrogens with zero attached hydrogens (tertiary/aromatic N) is 2. The van der Waals surface area contributed by atoms with Crippen molar-refractivity contribution >= 4 is 73.6 Å². The Morgan fingerprint density at radius 3 is 2.40 bits per heavy atom. The van der Waals surface area contributed by atoms with Gasteiger partial charge in [0, 0.05) is 0 Å². The fourth-order valence-corrected chi connectivity index (χ4v) is 3.64. The van der Waals surface area contributed by atoms with Crippen molar-refractivity contribution in [2.24, 2.45) is 0 Å². The molecule has 0 spiro atoms. The zero-order valence-electron chi connectivity index (χ0n) is 12.8. The second-order valence-corrected chi connectivity index (χ2v) is 6.79. The predicted octanol–water partition coefficient (Wildman–Crippen LogP) is 4.82. The predicted molar refractivity (Wildman–Crippen MR) is 106 cm³/mol. The molecule has 0 fully saturated rings. The topological polar surface area (TPSA) is 83.7 Å². The molecule has 4 rings (SSSR count). The Balaban J connectivity index is 0.000000150. The number of methoxy groups -OCH3 is 1. The smallest absolute Gasteiger partial charge is 0.359 e. The molecule has 0 aliphatic rings. The number of benzene rings is 2. The molecule has 0 bridgehead atoms.